The Bertz CT molecular complexity index is 160. The molecule has 0 bridgehead atoms. The minimum Gasteiger partial charge on any atom is -0.390 e. The fourth-order valence-corrected chi connectivity index (χ4v) is 1.33. The van der Waals surface area contributed by atoms with Crippen LogP contribution in [0.1, 0.15) is 27.2 Å². The van der Waals surface area contributed by atoms with Crippen molar-refractivity contribution < 1.29 is 19.7 Å². The van der Waals surface area contributed by atoms with Crippen molar-refractivity contribution in [1.29, 1.82) is 0 Å². The minimum absolute atomic E-state index is 0.0158. The van der Waals surface area contributed by atoms with Gasteiger partial charge in [0, 0.05) is 6.42 Å². The van der Waals surface area contributed by atoms with E-state index in [1.807, 2.05) is 13.8 Å². The average molecular weight is 190 g/mol. The molecule has 1 rings (SSSR count). The summed E-state index contributed by atoms with van der Waals surface area (Å²) in [6, 6.07) is 0. The molecular formula is C9H18O4. The van der Waals surface area contributed by atoms with E-state index in [1.165, 1.54) is 0 Å². The van der Waals surface area contributed by atoms with Crippen LogP contribution in [0.15, 0.2) is 0 Å². The third kappa shape index (κ3) is 2.91. The molecule has 0 saturated carbocycles. The number of ether oxygens (including phenoxy) is 2. The number of rotatable bonds is 2. The lowest BCUT2D eigenvalue weighted by molar-refractivity contribution is -0.271. The summed E-state index contributed by atoms with van der Waals surface area (Å²) in [6.45, 7) is 5.53. The lowest BCUT2D eigenvalue weighted by Gasteiger charge is -2.36. The van der Waals surface area contributed by atoms with E-state index in [4.69, 9.17) is 9.47 Å². The molecule has 0 radical (unpaired) electrons. The van der Waals surface area contributed by atoms with Gasteiger partial charge in [0.25, 0.3) is 0 Å². The Morgan fingerprint density at radius 3 is 2.46 bits per heavy atom. The predicted molar refractivity (Wildman–Crippen MR) is 47.2 cm³/mol. The van der Waals surface area contributed by atoms with E-state index in [0.717, 1.165) is 0 Å². The van der Waals surface area contributed by atoms with E-state index in [-0.39, 0.29) is 12.2 Å². The summed E-state index contributed by atoms with van der Waals surface area (Å²) in [4.78, 5) is 0. The van der Waals surface area contributed by atoms with Gasteiger partial charge in [0.05, 0.1) is 18.3 Å². The van der Waals surface area contributed by atoms with Gasteiger partial charge in [-0.2, -0.15) is 0 Å². The van der Waals surface area contributed by atoms with Gasteiger partial charge in [0.15, 0.2) is 6.29 Å². The van der Waals surface area contributed by atoms with E-state index in [2.05, 4.69) is 0 Å². The molecule has 78 valence electrons. The van der Waals surface area contributed by atoms with Crippen LogP contribution in [0.5, 0.6) is 0 Å². The number of aliphatic hydroxyl groups is 2. The summed E-state index contributed by atoms with van der Waals surface area (Å²) in [5, 5.41) is 18.9. The third-order valence-electron chi connectivity index (χ3n) is 2.09. The van der Waals surface area contributed by atoms with Crippen LogP contribution in [-0.2, 0) is 9.47 Å². The average Bonchev–Trinajstić information content (AvgIpc) is 1.99. The molecule has 0 aliphatic carbocycles. The van der Waals surface area contributed by atoms with Crippen molar-refractivity contribution in [2.24, 2.45) is 0 Å². The Labute approximate surface area is 78.5 Å². The topological polar surface area (TPSA) is 58.9 Å². The SMILES string of the molecule is CC(C)O[C@H]1OC(C)[C@H](O)CC1O. The highest BCUT2D eigenvalue weighted by molar-refractivity contribution is 4.78. The molecule has 0 aromatic carbocycles. The molecule has 2 unspecified atom stereocenters. The molecule has 4 heteroatoms. The Balaban J connectivity index is 2.46. The second-order valence-electron chi connectivity index (χ2n) is 3.76. The van der Waals surface area contributed by atoms with Crippen LogP contribution in [0.4, 0.5) is 0 Å². The lowest BCUT2D eigenvalue weighted by atomic mass is 10.0. The standard InChI is InChI=1S/C9H18O4/c1-5(2)12-9-8(11)4-7(10)6(3)13-9/h5-11H,4H2,1-3H3/t6?,7-,8?,9+/m1/s1. The summed E-state index contributed by atoms with van der Waals surface area (Å²) in [6.07, 6.45) is -1.86. The van der Waals surface area contributed by atoms with Crippen molar-refractivity contribution in [2.75, 3.05) is 0 Å². The van der Waals surface area contributed by atoms with Crippen LogP contribution in [0.2, 0.25) is 0 Å². The first-order valence-electron chi connectivity index (χ1n) is 4.67. The summed E-state index contributed by atoms with van der Waals surface area (Å²) in [5.74, 6) is 0. The van der Waals surface area contributed by atoms with Gasteiger partial charge in [-0.1, -0.05) is 0 Å². The van der Waals surface area contributed by atoms with Gasteiger partial charge in [-0.3, -0.25) is 0 Å². The van der Waals surface area contributed by atoms with Crippen LogP contribution >= 0.6 is 0 Å². The molecule has 1 aliphatic rings. The summed E-state index contributed by atoms with van der Waals surface area (Å²) in [7, 11) is 0. The molecule has 0 aromatic rings. The maximum atomic E-state index is 9.50. The minimum atomic E-state index is -0.728. The van der Waals surface area contributed by atoms with Gasteiger partial charge >= 0.3 is 0 Å². The van der Waals surface area contributed by atoms with Gasteiger partial charge in [-0.25, -0.2) is 0 Å². The molecule has 0 amide bonds. The van der Waals surface area contributed by atoms with Crippen molar-refractivity contribution in [3.63, 3.8) is 0 Å². The zero-order valence-corrected chi connectivity index (χ0v) is 8.30. The van der Waals surface area contributed by atoms with Crippen LogP contribution in [0.3, 0.4) is 0 Å². The molecule has 0 spiro atoms. The molecule has 13 heavy (non-hydrogen) atoms. The molecule has 1 fully saturated rings. The maximum Gasteiger partial charge on any atom is 0.184 e. The fraction of sp³-hybridized carbons (Fsp3) is 1.00. The smallest absolute Gasteiger partial charge is 0.184 e. The third-order valence-corrected chi connectivity index (χ3v) is 2.09. The van der Waals surface area contributed by atoms with Gasteiger partial charge in [-0.05, 0) is 20.8 Å². The van der Waals surface area contributed by atoms with Crippen molar-refractivity contribution in [1.82, 2.24) is 0 Å². The number of hydrogen-bond acceptors (Lipinski definition) is 4. The van der Waals surface area contributed by atoms with Gasteiger partial charge in [0.1, 0.15) is 6.10 Å². The van der Waals surface area contributed by atoms with E-state index in [0.29, 0.717) is 6.42 Å². The quantitative estimate of drug-likeness (QED) is 0.656. The monoisotopic (exact) mass is 190 g/mol. The Morgan fingerprint density at radius 2 is 1.92 bits per heavy atom. The maximum absolute atomic E-state index is 9.50. The highest BCUT2D eigenvalue weighted by Crippen LogP contribution is 2.21. The van der Waals surface area contributed by atoms with Gasteiger partial charge in [-0.15, -0.1) is 0 Å². The first kappa shape index (κ1) is 10.9. The van der Waals surface area contributed by atoms with Crippen LogP contribution in [-0.4, -0.2) is 40.9 Å². The molecular weight excluding hydrogens is 172 g/mol. The van der Waals surface area contributed by atoms with Crippen LogP contribution in [0.25, 0.3) is 0 Å². The predicted octanol–water partition coefficient (Wildman–Crippen LogP) is 0.268. The zero-order chi connectivity index (χ0) is 10.0. The summed E-state index contributed by atoms with van der Waals surface area (Å²) < 4.78 is 10.6. The molecule has 4 atom stereocenters. The lowest BCUT2D eigenvalue weighted by Crippen LogP contribution is -2.47. The molecule has 1 aliphatic heterocycles. The largest absolute Gasteiger partial charge is 0.390 e. The fourth-order valence-electron chi connectivity index (χ4n) is 1.33. The summed E-state index contributed by atoms with van der Waals surface area (Å²) >= 11 is 0. The van der Waals surface area contributed by atoms with Crippen LogP contribution < -0.4 is 0 Å². The van der Waals surface area contributed by atoms with E-state index >= 15 is 0 Å². The van der Waals surface area contributed by atoms with Crippen LogP contribution in [0, 0.1) is 0 Å². The molecule has 2 N–H and O–H groups in total. The van der Waals surface area contributed by atoms with E-state index in [9.17, 15) is 10.2 Å². The second-order valence-corrected chi connectivity index (χ2v) is 3.76. The van der Waals surface area contributed by atoms with Crippen molar-refractivity contribution >= 4 is 0 Å². The normalized spacial score (nSPS) is 41.1. The zero-order valence-electron chi connectivity index (χ0n) is 8.30. The molecule has 4 nitrogen and oxygen atoms in total. The Hall–Kier alpha value is -0.160. The highest BCUT2D eigenvalue weighted by Gasteiger charge is 2.34. The first-order valence-corrected chi connectivity index (χ1v) is 4.67. The first-order chi connectivity index (χ1) is 6.00. The number of hydrogen-bond donors (Lipinski definition) is 2. The van der Waals surface area contributed by atoms with Crippen molar-refractivity contribution in [2.45, 2.75) is 57.9 Å². The van der Waals surface area contributed by atoms with Crippen molar-refractivity contribution in [3.05, 3.63) is 0 Å². The van der Waals surface area contributed by atoms with Crippen molar-refractivity contribution in [3.8, 4) is 0 Å². The van der Waals surface area contributed by atoms with Gasteiger partial charge < -0.3 is 19.7 Å². The number of aliphatic hydroxyl groups excluding tert-OH is 2. The molecule has 1 saturated heterocycles. The van der Waals surface area contributed by atoms with E-state index < -0.39 is 18.5 Å². The van der Waals surface area contributed by atoms with E-state index in [1.54, 1.807) is 6.92 Å². The summed E-state index contributed by atoms with van der Waals surface area (Å²) in [5.41, 5.74) is 0. The molecule has 1 heterocycles. The second kappa shape index (κ2) is 4.37. The molecule has 0 aromatic heterocycles. The van der Waals surface area contributed by atoms with Gasteiger partial charge in [0.2, 0.25) is 0 Å². The Morgan fingerprint density at radius 1 is 1.31 bits per heavy atom. The Kier molecular flexibility index (Phi) is 3.67. The highest BCUT2D eigenvalue weighted by atomic mass is 16.7.